The van der Waals surface area contributed by atoms with Gasteiger partial charge in [0.25, 0.3) is 0 Å². The molecular weight excluding hydrogens is 474 g/mol. The number of para-hydroxylation sites is 1. The van der Waals surface area contributed by atoms with Crippen molar-refractivity contribution in [3.8, 4) is 0 Å². The third-order valence-corrected chi connectivity index (χ3v) is 8.10. The second-order valence-electron chi connectivity index (χ2n) is 10.5. The number of rotatable bonds is 7. The highest BCUT2D eigenvalue weighted by atomic mass is 16.7. The number of anilines is 1. The summed E-state index contributed by atoms with van der Waals surface area (Å²) in [4.78, 5) is 24.2. The summed E-state index contributed by atoms with van der Waals surface area (Å²) in [5.74, 6) is 0.318. The minimum Gasteiger partial charge on any atom is -0.369 e. The Hall–Kier alpha value is -3.71. The van der Waals surface area contributed by atoms with E-state index in [4.69, 9.17) is 4.84 Å². The molecule has 7 nitrogen and oxygen atoms in total. The third kappa shape index (κ3) is 5.58. The number of carbonyl (C=O) groups is 1. The molecule has 1 aliphatic heterocycles. The van der Waals surface area contributed by atoms with Crippen LogP contribution in [0.25, 0.3) is 11.0 Å². The van der Waals surface area contributed by atoms with Gasteiger partial charge in [-0.15, -0.1) is 5.10 Å². The molecule has 2 heterocycles. The van der Waals surface area contributed by atoms with Gasteiger partial charge in [0.05, 0.1) is 5.56 Å². The van der Waals surface area contributed by atoms with Crippen molar-refractivity contribution in [1.29, 1.82) is 0 Å². The molecule has 3 aromatic carbocycles. The molecule has 1 saturated carbocycles. The molecule has 0 amide bonds. The van der Waals surface area contributed by atoms with Crippen molar-refractivity contribution in [2.24, 2.45) is 0 Å². The van der Waals surface area contributed by atoms with Crippen LogP contribution in [-0.4, -0.2) is 58.8 Å². The number of nitrogens with zero attached hydrogens (tertiary/aromatic N) is 5. The lowest BCUT2D eigenvalue weighted by Gasteiger charge is -2.36. The fourth-order valence-electron chi connectivity index (χ4n) is 5.76. The Morgan fingerprint density at radius 1 is 0.842 bits per heavy atom. The molecule has 2 aliphatic rings. The monoisotopic (exact) mass is 509 g/mol. The van der Waals surface area contributed by atoms with E-state index in [9.17, 15) is 4.79 Å². The molecule has 196 valence electrons. The molecule has 38 heavy (non-hydrogen) atoms. The molecule has 6 rings (SSSR count). The smallest absolute Gasteiger partial charge is 0.365 e. The molecule has 0 bridgehead atoms. The highest BCUT2D eigenvalue weighted by Crippen LogP contribution is 2.33. The second kappa shape index (κ2) is 11.4. The van der Waals surface area contributed by atoms with E-state index in [0.717, 1.165) is 45.1 Å². The third-order valence-electron chi connectivity index (χ3n) is 8.10. The van der Waals surface area contributed by atoms with Gasteiger partial charge in [-0.2, -0.15) is 0 Å². The molecule has 0 unspecified atom stereocenters. The average Bonchev–Trinajstić information content (AvgIpc) is 3.40. The number of hydrogen-bond donors (Lipinski definition) is 0. The van der Waals surface area contributed by atoms with Gasteiger partial charge in [-0.25, -0.2) is 4.79 Å². The zero-order valence-corrected chi connectivity index (χ0v) is 21.8. The maximum Gasteiger partial charge on any atom is 0.365 e. The van der Waals surface area contributed by atoms with Gasteiger partial charge in [0, 0.05) is 38.4 Å². The van der Waals surface area contributed by atoms with Gasteiger partial charge in [0.1, 0.15) is 11.0 Å². The Bertz CT molecular complexity index is 1350. The molecule has 0 spiro atoms. The van der Waals surface area contributed by atoms with E-state index in [1.807, 2.05) is 48.5 Å². The van der Waals surface area contributed by atoms with Crippen LogP contribution >= 0.6 is 0 Å². The summed E-state index contributed by atoms with van der Waals surface area (Å²) in [5.41, 5.74) is 5.94. The van der Waals surface area contributed by atoms with Gasteiger partial charge in [0.2, 0.25) is 0 Å². The van der Waals surface area contributed by atoms with Gasteiger partial charge < -0.3 is 9.74 Å². The van der Waals surface area contributed by atoms with Crippen LogP contribution in [0.3, 0.4) is 0 Å². The predicted molar refractivity (Wildman–Crippen MR) is 150 cm³/mol. The SMILES string of the molecule is O=C(On1nnc2ccccc21)c1ccc(CCN2CCN(c3ccc(C4CCCCC4)cc3)CC2)cc1. The molecule has 0 radical (unpaired) electrons. The quantitative estimate of drug-likeness (QED) is 0.323. The molecule has 0 N–H and O–H groups in total. The summed E-state index contributed by atoms with van der Waals surface area (Å²) in [5, 5.41) is 7.94. The van der Waals surface area contributed by atoms with Gasteiger partial charge in [0.15, 0.2) is 0 Å². The van der Waals surface area contributed by atoms with Crippen molar-refractivity contribution < 1.29 is 9.63 Å². The predicted octanol–water partition coefficient (Wildman–Crippen LogP) is 5.11. The molecule has 4 aromatic rings. The van der Waals surface area contributed by atoms with Crippen LogP contribution in [0.2, 0.25) is 0 Å². The standard InChI is InChI=1S/C31H35N5O2/c37-31(38-36-30-9-5-4-8-29(30)32-33-36)27-12-10-24(11-13-27)18-19-34-20-22-35(23-21-34)28-16-14-26(15-17-28)25-6-2-1-3-7-25/h4-5,8-17,25H,1-3,6-7,18-23H2. The van der Waals surface area contributed by atoms with Crippen molar-refractivity contribution in [3.63, 3.8) is 0 Å². The first-order chi connectivity index (χ1) is 18.7. The van der Waals surface area contributed by atoms with E-state index in [0.29, 0.717) is 16.6 Å². The lowest BCUT2D eigenvalue weighted by Crippen LogP contribution is -2.47. The molecule has 1 aliphatic carbocycles. The minimum absolute atomic E-state index is 0.449. The number of fused-ring (bicyclic) bond motifs is 1. The minimum atomic E-state index is -0.449. The van der Waals surface area contributed by atoms with Gasteiger partial charge in [-0.05, 0) is 77.9 Å². The first-order valence-corrected chi connectivity index (χ1v) is 13.9. The molecule has 1 saturated heterocycles. The molecule has 1 aromatic heterocycles. The normalized spacial score (nSPS) is 17.1. The lowest BCUT2D eigenvalue weighted by molar-refractivity contribution is 0.0409. The van der Waals surface area contributed by atoms with E-state index in [2.05, 4.69) is 44.4 Å². The maximum atomic E-state index is 12.6. The molecule has 0 atom stereocenters. The van der Waals surface area contributed by atoms with Crippen LogP contribution in [0.15, 0.2) is 72.8 Å². The Balaban J connectivity index is 0.965. The van der Waals surface area contributed by atoms with Crippen molar-refractivity contribution in [1.82, 2.24) is 20.1 Å². The zero-order chi connectivity index (χ0) is 25.7. The number of carbonyl (C=O) groups excluding carboxylic acids is 1. The summed E-state index contributed by atoms with van der Waals surface area (Å²) in [6.45, 7) is 5.28. The maximum absolute atomic E-state index is 12.6. The van der Waals surface area contributed by atoms with E-state index >= 15 is 0 Å². The van der Waals surface area contributed by atoms with Crippen molar-refractivity contribution >= 4 is 22.7 Å². The van der Waals surface area contributed by atoms with Gasteiger partial charge >= 0.3 is 5.97 Å². The second-order valence-corrected chi connectivity index (χ2v) is 10.5. The van der Waals surface area contributed by atoms with Crippen molar-refractivity contribution in [2.75, 3.05) is 37.6 Å². The van der Waals surface area contributed by atoms with Crippen LogP contribution in [0.1, 0.15) is 59.5 Å². The van der Waals surface area contributed by atoms with Crippen molar-refractivity contribution in [3.05, 3.63) is 89.5 Å². The van der Waals surface area contributed by atoms with Crippen LogP contribution in [-0.2, 0) is 6.42 Å². The van der Waals surface area contributed by atoms with E-state index in [-0.39, 0.29) is 0 Å². The van der Waals surface area contributed by atoms with E-state index in [1.165, 1.54) is 53.8 Å². The Labute approximate surface area is 224 Å². The number of hydrogen-bond acceptors (Lipinski definition) is 6. The van der Waals surface area contributed by atoms with Crippen LogP contribution in [0, 0.1) is 0 Å². The fraction of sp³-hybridized carbons (Fsp3) is 0.387. The Morgan fingerprint density at radius 3 is 2.34 bits per heavy atom. The van der Waals surface area contributed by atoms with Crippen LogP contribution < -0.4 is 9.74 Å². The summed E-state index contributed by atoms with van der Waals surface area (Å²) in [6, 6.07) is 24.5. The first kappa shape index (κ1) is 24.6. The topological polar surface area (TPSA) is 63.5 Å². The van der Waals surface area contributed by atoms with Crippen LogP contribution in [0.4, 0.5) is 5.69 Å². The average molecular weight is 510 g/mol. The first-order valence-electron chi connectivity index (χ1n) is 13.9. The van der Waals surface area contributed by atoms with Gasteiger partial charge in [-0.3, -0.25) is 4.90 Å². The highest BCUT2D eigenvalue weighted by molar-refractivity contribution is 5.90. The lowest BCUT2D eigenvalue weighted by atomic mass is 9.84. The number of piperazine rings is 1. The summed E-state index contributed by atoms with van der Waals surface area (Å²) in [7, 11) is 0. The van der Waals surface area contributed by atoms with Crippen molar-refractivity contribution in [2.45, 2.75) is 44.4 Å². The summed E-state index contributed by atoms with van der Waals surface area (Å²) in [6.07, 6.45) is 7.83. The molecule has 2 fully saturated rings. The summed E-state index contributed by atoms with van der Waals surface area (Å²) < 4.78 is 0. The molecule has 7 heteroatoms. The van der Waals surface area contributed by atoms with Crippen LogP contribution in [0.5, 0.6) is 0 Å². The largest absolute Gasteiger partial charge is 0.369 e. The zero-order valence-electron chi connectivity index (χ0n) is 21.8. The Kier molecular flexibility index (Phi) is 7.36. The number of aromatic nitrogens is 3. The Morgan fingerprint density at radius 2 is 1.58 bits per heavy atom. The summed E-state index contributed by atoms with van der Waals surface area (Å²) >= 11 is 0. The van der Waals surface area contributed by atoms with E-state index < -0.39 is 5.97 Å². The highest BCUT2D eigenvalue weighted by Gasteiger charge is 2.19. The van der Waals surface area contributed by atoms with Gasteiger partial charge in [-0.1, -0.05) is 60.5 Å². The number of benzene rings is 3. The molecular formula is C31H35N5O2. The fourth-order valence-corrected chi connectivity index (χ4v) is 5.76. The van der Waals surface area contributed by atoms with E-state index in [1.54, 1.807) is 0 Å².